The SMILES string of the molecule is Cc1ccc(CS(=O)(=O)c2ncc(Cl)c(C(=O)Oc3cccc(C)c3)n2)cc1. The van der Waals surface area contributed by atoms with Crippen LogP contribution in [0, 0.1) is 13.8 Å². The van der Waals surface area contributed by atoms with Gasteiger partial charge in [-0.05, 0) is 37.1 Å². The van der Waals surface area contributed by atoms with Gasteiger partial charge in [-0.1, -0.05) is 53.6 Å². The molecule has 28 heavy (non-hydrogen) atoms. The Kier molecular flexibility index (Phi) is 5.76. The second kappa shape index (κ2) is 8.08. The fourth-order valence-corrected chi connectivity index (χ4v) is 3.82. The molecular formula is C20H17ClN2O4S. The molecule has 0 radical (unpaired) electrons. The van der Waals surface area contributed by atoms with E-state index in [0.29, 0.717) is 11.3 Å². The van der Waals surface area contributed by atoms with Crippen molar-refractivity contribution in [2.45, 2.75) is 24.8 Å². The minimum Gasteiger partial charge on any atom is -0.422 e. The highest BCUT2D eigenvalue weighted by molar-refractivity contribution is 7.90. The predicted molar refractivity (Wildman–Crippen MR) is 105 cm³/mol. The van der Waals surface area contributed by atoms with E-state index in [1.165, 1.54) is 0 Å². The zero-order valence-corrected chi connectivity index (χ0v) is 16.8. The first-order valence-corrected chi connectivity index (χ1v) is 10.4. The van der Waals surface area contributed by atoms with Crippen LogP contribution in [0.3, 0.4) is 0 Å². The molecule has 0 aliphatic carbocycles. The van der Waals surface area contributed by atoms with Gasteiger partial charge in [0.15, 0.2) is 5.69 Å². The van der Waals surface area contributed by atoms with E-state index in [1.807, 2.05) is 32.0 Å². The molecule has 0 saturated carbocycles. The van der Waals surface area contributed by atoms with Gasteiger partial charge in [0.2, 0.25) is 15.0 Å². The minimum absolute atomic E-state index is 0.0908. The molecule has 0 N–H and O–H groups in total. The largest absolute Gasteiger partial charge is 0.422 e. The summed E-state index contributed by atoms with van der Waals surface area (Å²) in [6.07, 6.45) is 1.09. The molecule has 0 aliphatic heterocycles. The Balaban J connectivity index is 1.87. The summed E-state index contributed by atoms with van der Waals surface area (Å²) in [5, 5.41) is -0.569. The standard InChI is InChI=1S/C20H17ClN2O4S/c1-13-6-8-15(9-7-13)12-28(25,26)20-22-11-17(21)18(23-20)19(24)27-16-5-3-4-14(2)10-16/h3-11H,12H2,1-2H3. The Bertz CT molecular complexity index is 1130. The number of rotatable bonds is 5. The number of esters is 1. The minimum atomic E-state index is -3.87. The van der Waals surface area contributed by atoms with Gasteiger partial charge in [0.05, 0.1) is 17.0 Å². The molecule has 0 bridgehead atoms. The summed E-state index contributed by atoms with van der Waals surface area (Å²) in [6.45, 7) is 3.76. The molecule has 0 spiro atoms. The predicted octanol–water partition coefficient (Wildman–Crippen LogP) is 3.94. The van der Waals surface area contributed by atoms with E-state index in [9.17, 15) is 13.2 Å². The Hall–Kier alpha value is -2.77. The highest BCUT2D eigenvalue weighted by Crippen LogP contribution is 2.20. The third kappa shape index (κ3) is 4.74. The third-order valence-electron chi connectivity index (χ3n) is 3.87. The molecule has 8 heteroatoms. The summed E-state index contributed by atoms with van der Waals surface area (Å²) in [7, 11) is -3.87. The van der Waals surface area contributed by atoms with Crippen molar-refractivity contribution in [1.29, 1.82) is 0 Å². The van der Waals surface area contributed by atoms with Crippen molar-refractivity contribution in [2.24, 2.45) is 0 Å². The van der Waals surface area contributed by atoms with Crippen LogP contribution in [0.4, 0.5) is 0 Å². The van der Waals surface area contributed by atoms with Crippen molar-refractivity contribution >= 4 is 27.4 Å². The lowest BCUT2D eigenvalue weighted by molar-refractivity contribution is 0.0727. The van der Waals surface area contributed by atoms with Gasteiger partial charge < -0.3 is 4.74 Å². The maximum absolute atomic E-state index is 12.7. The van der Waals surface area contributed by atoms with Crippen LogP contribution in [-0.4, -0.2) is 24.4 Å². The third-order valence-corrected chi connectivity index (χ3v) is 5.61. The van der Waals surface area contributed by atoms with E-state index >= 15 is 0 Å². The lowest BCUT2D eigenvalue weighted by Gasteiger charge is -2.08. The van der Waals surface area contributed by atoms with Crippen LogP contribution in [0.5, 0.6) is 5.75 Å². The van der Waals surface area contributed by atoms with Gasteiger partial charge in [-0.25, -0.2) is 23.2 Å². The van der Waals surface area contributed by atoms with E-state index in [4.69, 9.17) is 16.3 Å². The zero-order valence-electron chi connectivity index (χ0n) is 15.2. The van der Waals surface area contributed by atoms with Crippen molar-refractivity contribution in [3.63, 3.8) is 0 Å². The Labute approximate surface area is 168 Å². The van der Waals surface area contributed by atoms with Crippen LogP contribution in [0.25, 0.3) is 0 Å². The number of ether oxygens (including phenoxy) is 1. The van der Waals surface area contributed by atoms with E-state index in [1.54, 1.807) is 30.3 Å². The molecule has 0 fully saturated rings. The van der Waals surface area contributed by atoms with E-state index in [2.05, 4.69) is 9.97 Å². The number of halogens is 1. The summed E-state index contributed by atoms with van der Waals surface area (Å²) in [4.78, 5) is 20.1. The monoisotopic (exact) mass is 416 g/mol. The number of hydrogen-bond donors (Lipinski definition) is 0. The van der Waals surface area contributed by atoms with Gasteiger partial charge >= 0.3 is 5.97 Å². The number of hydrogen-bond acceptors (Lipinski definition) is 6. The summed E-state index contributed by atoms with van der Waals surface area (Å²) >= 11 is 6.00. The van der Waals surface area contributed by atoms with Crippen molar-refractivity contribution in [1.82, 2.24) is 9.97 Å². The molecule has 2 aromatic carbocycles. The Morgan fingerprint density at radius 3 is 2.46 bits per heavy atom. The Morgan fingerprint density at radius 2 is 1.79 bits per heavy atom. The van der Waals surface area contributed by atoms with Gasteiger partial charge in [0.25, 0.3) is 0 Å². The molecule has 1 aromatic heterocycles. The van der Waals surface area contributed by atoms with Crippen LogP contribution >= 0.6 is 11.6 Å². The number of sulfone groups is 1. The van der Waals surface area contributed by atoms with Crippen molar-refractivity contribution < 1.29 is 17.9 Å². The molecule has 3 rings (SSSR count). The molecule has 0 amide bonds. The van der Waals surface area contributed by atoms with Gasteiger partial charge in [0.1, 0.15) is 5.75 Å². The average molecular weight is 417 g/mol. The molecule has 6 nitrogen and oxygen atoms in total. The molecule has 1 heterocycles. The van der Waals surface area contributed by atoms with Gasteiger partial charge in [0, 0.05) is 0 Å². The smallest absolute Gasteiger partial charge is 0.364 e. The van der Waals surface area contributed by atoms with Crippen molar-refractivity contribution in [3.8, 4) is 5.75 Å². The molecule has 0 aliphatic rings. The molecule has 144 valence electrons. The topological polar surface area (TPSA) is 86.2 Å². The van der Waals surface area contributed by atoms with E-state index in [-0.39, 0.29) is 16.5 Å². The van der Waals surface area contributed by atoms with Gasteiger partial charge in [-0.15, -0.1) is 0 Å². The molecule has 0 saturated heterocycles. The summed E-state index contributed by atoms with van der Waals surface area (Å²) in [5.74, 6) is -0.838. The van der Waals surface area contributed by atoms with Crippen molar-refractivity contribution in [3.05, 3.63) is 82.1 Å². The highest BCUT2D eigenvalue weighted by Gasteiger charge is 2.24. The Morgan fingerprint density at radius 1 is 1.07 bits per heavy atom. The molecule has 0 unspecified atom stereocenters. The highest BCUT2D eigenvalue weighted by atomic mass is 35.5. The average Bonchev–Trinajstić information content (AvgIpc) is 2.63. The lowest BCUT2D eigenvalue weighted by Crippen LogP contribution is -2.16. The fraction of sp³-hybridized carbons (Fsp3) is 0.150. The van der Waals surface area contributed by atoms with Crippen LogP contribution in [0.1, 0.15) is 27.2 Å². The van der Waals surface area contributed by atoms with Gasteiger partial charge in [-0.3, -0.25) is 0 Å². The molecular weight excluding hydrogens is 400 g/mol. The van der Waals surface area contributed by atoms with Crippen LogP contribution in [0.2, 0.25) is 5.02 Å². The second-order valence-corrected chi connectivity index (χ2v) is 8.59. The van der Waals surface area contributed by atoms with E-state index in [0.717, 1.165) is 17.3 Å². The fourth-order valence-electron chi connectivity index (χ4n) is 2.45. The first-order valence-electron chi connectivity index (χ1n) is 8.34. The normalized spacial score (nSPS) is 11.2. The number of aryl methyl sites for hydroxylation is 2. The quantitative estimate of drug-likeness (QED) is 0.355. The van der Waals surface area contributed by atoms with Crippen molar-refractivity contribution in [2.75, 3.05) is 0 Å². The van der Waals surface area contributed by atoms with E-state index < -0.39 is 21.0 Å². The maximum Gasteiger partial charge on any atom is 0.364 e. The summed E-state index contributed by atoms with van der Waals surface area (Å²) in [5.41, 5.74) is 2.21. The van der Waals surface area contributed by atoms with Crippen LogP contribution in [0.15, 0.2) is 59.9 Å². The lowest BCUT2D eigenvalue weighted by atomic mass is 10.2. The first kappa shape index (κ1) is 20.0. The maximum atomic E-state index is 12.7. The molecule has 0 atom stereocenters. The number of benzene rings is 2. The van der Waals surface area contributed by atoms with Crippen LogP contribution in [-0.2, 0) is 15.6 Å². The molecule has 3 aromatic rings. The summed E-state index contributed by atoms with van der Waals surface area (Å²) < 4.78 is 30.6. The van der Waals surface area contributed by atoms with Gasteiger partial charge in [-0.2, -0.15) is 0 Å². The summed E-state index contributed by atoms with van der Waals surface area (Å²) in [6, 6.07) is 13.9. The number of aromatic nitrogens is 2. The van der Waals surface area contributed by atoms with Crippen LogP contribution < -0.4 is 4.74 Å². The number of nitrogens with zero attached hydrogens (tertiary/aromatic N) is 2. The number of carbonyl (C=O) groups excluding carboxylic acids is 1. The zero-order chi connectivity index (χ0) is 20.3. The first-order chi connectivity index (χ1) is 13.2. The second-order valence-electron chi connectivity index (χ2n) is 6.30. The number of carbonyl (C=O) groups is 1.